The molecule has 0 N–H and O–H groups in total. The van der Waals surface area contributed by atoms with Gasteiger partial charge in [-0.3, -0.25) is 9.69 Å². The molecule has 4 aromatic rings. The van der Waals surface area contributed by atoms with Gasteiger partial charge in [-0.2, -0.15) is 0 Å². The summed E-state index contributed by atoms with van der Waals surface area (Å²) in [7, 11) is 0. The van der Waals surface area contributed by atoms with Crippen molar-refractivity contribution in [1.29, 1.82) is 0 Å². The van der Waals surface area contributed by atoms with Crippen LogP contribution in [0.5, 0.6) is 11.5 Å². The number of hydrogen-bond acceptors (Lipinski definition) is 5. The van der Waals surface area contributed by atoms with Crippen LogP contribution in [-0.2, 0) is 11.3 Å². The normalized spacial score (nSPS) is 10.8. The van der Waals surface area contributed by atoms with Gasteiger partial charge in [0.2, 0.25) is 0 Å². The summed E-state index contributed by atoms with van der Waals surface area (Å²) in [6.45, 7) is 7.05. The van der Waals surface area contributed by atoms with Crippen LogP contribution >= 0.6 is 11.3 Å². The van der Waals surface area contributed by atoms with Crippen LogP contribution in [0.3, 0.4) is 0 Å². The summed E-state index contributed by atoms with van der Waals surface area (Å²) in [5, 5.41) is 0.679. The Labute approximate surface area is 192 Å². The summed E-state index contributed by atoms with van der Waals surface area (Å²) in [4.78, 5) is 19.8. The van der Waals surface area contributed by atoms with Gasteiger partial charge < -0.3 is 9.47 Å². The second-order valence-electron chi connectivity index (χ2n) is 7.51. The SMILES string of the molecule is CCOc1ccc(OCC(=O)N(Cc2ccccc2)c2nc3c(C)c(C)ccc3s2)cc1. The molecule has 1 heterocycles. The number of benzene rings is 3. The van der Waals surface area contributed by atoms with Gasteiger partial charge in [-0.25, -0.2) is 4.98 Å². The van der Waals surface area contributed by atoms with Crippen molar-refractivity contribution >= 4 is 32.6 Å². The first-order valence-electron chi connectivity index (χ1n) is 10.6. The molecule has 32 heavy (non-hydrogen) atoms. The monoisotopic (exact) mass is 446 g/mol. The first-order valence-corrected chi connectivity index (χ1v) is 11.4. The third-order valence-corrected chi connectivity index (χ3v) is 6.33. The number of aromatic nitrogens is 1. The molecule has 0 fully saturated rings. The molecule has 5 nitrogen and oxygen atoms in total. The van der Waals surface area contributed by atoms with Crippen molar-refractivity contribution < 1.29 is 14.3 Å². The van der Waals surface area contributed by atoms with E-state index in [4.69, 9.17) is 14.5 Å². The van der Waals surface area contributed by atoms with E-state index in [0.29, 0.717) is 24.0 Å². The maximum atomic E-state index is 13.3. The van der Waals surface area contributed by atoms with Crippen LogP contribution in [-0.4, -0.2) is 24.1 Å². The number of amides is 1. The van der Waals surface area contributed by atoms with Crippen LogP contribution in [0.25, 0.3) is 10.2 Å². The number of carbonyl (C=O) groups excluding carboxylic acids is 1. The van der Waals surface area contributed by atoms with E-state index in [1.165, 1.54) is 16.9 Å². The maximum Gasteiger partial charge on any atom is 0.267 e. The van der Waals surface area contributed by atoms with E-state index < -0.39 is 0 Å². The first kappa shape index (κ1) is 21.8. The van der Waals surface area contributed by atoms with Crippen molar-refractivity contribution in [1.82, 2.24) is 4.98 Å². The zero-order valence-corrected chi connectivity index (χ0v) is 19.3. The molecular weight excluding hydrogens is 420 g/mol. The Kier molecular flexibility index (Phi) is 6.71. The highest BCUT2D eigenvalue weighted by Gasteiger charge is 2.21. The Balaban J connectivity index is 1.57. The highest BCUT2D eigenvalue weighted by Crippen LogP contribution is 2.33. The van der Waals surface area contributed by atoms with E-state index in [2.05, 4.69) is 26.0 Å². The van der Waals surface area contributed by atoms with E-state index in [0.717, 1.165) is 27.1 Å². The lowest BCUT2D eigenvalue weighted by Gasteiger charge is -2.20. The van der Waals surface area contributed by atoms with Crippen molar-refractivity contribution in [2.45, 2.75) is 27.3 Å². The Morgan fingerprint density at radius 2 is 1.62 bits per heavy atom. The largest absolute Gasteiger partial charge is 0.494 e. The van der Waals surface area contributed by atoms with Gasteiger partial charge in [0.25, 0.3) is 5.91 Å². The molecule has 0 unspecified atom stereocenters. The van der Waals surface area contributed by atoms with E-state index in [-0.39, 0.29) is 12.5 Å². The van der Waals surface area contributed by atoms with Crippen molar-refractivity contribution in [3.05, 3.63) is 83.4 Å². The molecule has 0 radical (unpaired) electrons. The number of ether oxygens (including phenoxy) is 2. The molecule has 4 rings (SSSR count). The Morgan fingerprint density at radius 1 is 0.938 bits per heavy atom. The van der Waals surface area contributed by atoms with Gasteiger partial charge in [0.1, 0.15) is 11.5 Å². The number of carbonyl (C=O) groups is 1. The van der Waals surface area contributed by atoms with Gasteiger partial charge in [0.15, 0.2) is 11.7 Å². The number of aryl methyl sites for hydroxylation is 2. The predicted molar refractivity (Wildman–Crippen MR) is 130 cm³/mol. The van der Waals surface area contributed by atoms with Crippen molar-refractivity contribution in [3.8, 4) is 11.5 Å². The molecule has 0 aliphatic heterocycles. The molecule has 3 aromatic carbocycles. The average Bonchev–Trinajstić information content (AvgIpc) is 3.25. The lowest BCUT2D eigenvalue weighted by Crippen LogP contribution is -2.34. The zero-order chi connectivity index (χ0) is 22.5. The van der Waals surface area contributed by atoms with Gasteiger partial charge in [-0.05, 0) is 67.8 Å². The fraction of sp³-hybridized carbons (Fsp3) is 0.231. The number of rotatable bonds is 8. The highest BCUT2D eigenvalue weighted by molar-refractivity contribution is 7.22. The summed E-state index contributed by atoms with van der Waals surface area (Å²) >= 11 is 1.53. The predicted octanol–water partition coefficient (Wildman–Crippen LogP) is 5.92. The van der Waals surface area contributed by atoms with Gasteiger partial charge in [-0.1, -0.05) is 47.7 Å². The molecule has 1 amide bonds. The van der Waals surface area contributed by atoms with E-state index in [1.54, 1.807) is 4.90 Å². The van der Waals surface area contributed by atoms with Crippen LogP contribution < -0.4 is 14.4 Å². The fourth-order valence-corrected chi connectivity index (χ4v) is 4.42. The molecular formula is C26H26N2O3S. The molecule has 6 heteroatoms. The maximum absolute atomic E-state index is 13.3. The Morgan fingerprint density at radius 3 is 2.31 bits per heavy atom. The van der Waals surface area contributed by atoms with Crippen LogP contribution in [0.2, 0.25) is 0 Å². The van der Waals surface area contributed by atoms with Gasteiger partial charge in [0.05, 0.1) is 23.4 Å². The molecule has 0 spiro atoms. The van der Waals surface area contributed by atoms with Crippen LogP contribution in [0, 0.1) is 13.8 Å². The summed E-state index contributed by atoms with van der Waals surface area (Å²) in [5.41, 5.74) is 4.31. The van der Waals surface area contributed by atoms with Crippen LogP contribution in [0.15, 0.2) is 66.7 Å². The van der Waals surface area contributed by atoms with Crippen LogP contribution in [0.1, 0.15) is 23.6 Å². The minimum Gasteiger partial charge on any atom is -0.494 e. The van der Waals surface area contributed by atoms with E-state index in [9.17, 15) is 4.79 Å². The Hall–Kier alpha value is -3.38. The number of fused-ring (bicyclic) bond motifs is 1. The number of thiazole rings is 1. The minimum absolute atomic E-state index is 0.0747. The van der Waals surface area contributed by atoms with Gasteiger partial charge in [0, 0.05) is 0 Å². The van der Waals surface area contributed by atoms with Crippen molar-refractivity contribution in [2.24, 2.45) is 0 Å². The highest BCUT2D eigenvalue weighted by atomic mass is 32.1. The standard InChI is InChI=1S/C26H26N2O3S/c1-4-30-21-11-13-22(14-12-21)31-17-24(29)28(16-20-8-6-5-7-9-20)26-27-25-19(3)18(2)10-15-23(25)32-26/h5-15H,4,16-17H2,1-3H3. The average molecular weight is 447 g/mol. The fourth-order valence-electron chi connectivity index (χ4n) is 3.38. The topological polar surface area (TPSA) is 51.7 Å². The first-order chi connectivity index (χ1) is 15.5. The molecule has 0 aliphatic carbocycles. The quantitative estimate of drug-likeness (QED) is 0.337. The third kappa shape index (κ3) is 4.92. The smallest absolute Gasteiger partial charge is 0.267 e. The van der Waals surface area contributed by atoms with Crippen LogP contribution in [0.4, 0.5) is 5.13 Å². The molecule has 164 valence electrons. The number of anilines is 1. The lowest BCUT2D eigenvalue weighted by atomic mass is 10.1. The number of nitrogens with zero attached hydrogens (tertiary/aromatic N) is 2. The second-order valence-corrected chi connectivity index (χ2v) is 8.52. The summed E-state index contributed by atoms with van der Waals surface area (Å²) in [6, 6.07) is 21.4. The minimum atomic E-state index is -0.142. The van der Waals surface area contributed by atoms with E-state index >= 15 is 0 Å². The zero-order valence-electron chi connectivity index (χ0n) is 18.5. The molecule has 0 saturated carbocycles. The lowest BCUT2D eigenvalue weighted by molar-refractivity contribution is -0.120. The van der Waals surface area contributed by atoms with Crippen molar-refractivity contribution in [2.75, 3.05) is 18.1 Å². The molecule has 0 atom stereocenters. The summed E-state index contributed by atoms with van der Waals surface area (Å²) < 4.78 is 12.3. The second kappa shape index (κ2) is 9.83. The van der Waals surface area contributed by atoms with E-state index in [1.807, 2.05) is 61.5 Å². The molecule has 1 aromatic heterocycles. The van der Waals surface area contributed by atoms with Crippen molar-refractivity contribution in [3.63, 3.8) is 0 Å². The number of hydrogen-bond donors (Lipinski definition) is 0. The molecule has 0 bridgehead atoms. The third-order valence-electron chi connectivity index (χ3n) is 5.29. The summed E-state index contributed by atoms with van der Waals surface area (Å²) in [5.74, 6) is 1.26. The summed E-state index contributed by atoms with van der Waals surface area (Å²) in [6.07, 6.45) is 0. The molecule has 0 saturated heterocycles. The van der Waals surface area contributed by atoms with Gasteiger partial charge in [-0.15, -0.1) is 0 Å². The van der Waals surface area contributed by atoms with Gasteiger partial charge >= 0.3 is 0 Å². The Bertz CT molecular complexity index is 1200. The molecule has 0 aliphatic rings.